The largest absolute Gasteiger partial charge is 0.330 e. The predicted molar refractivity (Wildman–Crippen MR) is 100 cm³/mol. The molecule has 0 fully saturated rings. The van der Waals surface area contributed by atoms with E-state index in [-0.39, 0.29) is 11.9 Å². The molecule has 0 bridgehead atoms. The summed E-state index contributed by atoms with van der Waals surface area (Å²) in [5, 5.41) is 4.42. The molecule has 6 heteroatoms. The molecule has 4 rings (SSSR count). The Morgan fingerprint density at radius 2 is 2.00 bits per heavy atom. The number of nitrogens with zero attached hydrogens (tertiary/aromatic N) is 4. The van der Waals surface area contributed by atoms with E-state index in [0.29, 0.717) is 23.8 Å². The van der Waals surface area contributed by atoms with Gasteiger partial charge in [-0.05, 0) is 46.6 Å². The summed E-state index contributed by atoms with van der Waals surface area (Å²) in [4.78, 5) is 19.3. The summed E-state index contributed by atoms with van der Waals surface area (Å²) >= 11 is 2.19. The van der Waals surface area contributed by atoms with E-state index in [1.165, 1.54) is 11.1 Å². The molecule has 0 N–H and O–H groups in total. The molecule has 1 aliphatic rings. The fraction of sp³-hybridized carbons (Fsp3) is 0.278. The van der Waals surface area contributed by atoms with Crippen molar-refractivity contribution < 1.29 is 4.79 Å². The average molecular weight is 432 g/mol. The number of carbonyl (C=O) groups is 1. The molecule has 2 aromatic heterocycles. The zero-order valence-electron chi connectivity index (χ0n) is 13.5. The molecule has 3 heterocycles. The Labute approximate surface area is 153 Å². The van der Waals surface area contributed by atoms with Crippen LogP contribution in [0.5, 0.6) is 0 Å². The third kappa shape index (κ3) is 2.49. The van der Waals surface area contributed by atoms with Gasteiger partial charge in [0.05, 0.1) is 6.04 Å². The Morgan fingerprint density at radius 1 is 1.25 bits per heavy atom. The summed E-state index contributed by atoms with van der Waals surface area (Å²) in [6.45, 7) is 4.95. The fourth-order valence-electron chi connectivity index (χ4n) is 3.42. The van der Waals surface area contributed by atoms with E-state index in [2.05, 4.69) is 64.7 Å². The van der Waals surface area contributed by atoms with E-state index >= 15 is 0 Å². The van der Waals surface area contributed by atoms with E-state index in [1.807, 2.05) is 17.2 Å². The molecule has 1 aliphatic heterocycles. The van der Waals surface area contributed by atoms with Crippen LogP contribution in [0, 0.1) is 3.57 Å². The monoisotopic (exact) mass is 432 g/mol. The number of benzene rings is 1. The van der Waals surface area contributed by atoms with Crippen LogP contribution in [0.2, 0.25) is 0 Å². The number of aromatic nitrogens is 3. The second-order valence-electron chi connectivity index (χ2n) is 6.27. The van der Waals surface area contributed by atoms with Gasteiger partial charge in [-0.1, -0.05) is 31.2 Å². The summed E-state index contributed by atoms with van der Waals surface area (Å²) in [6, 6.07) is 10.2. The van der Waals surface area contributed by atoms with Gasteiger partial charge in [0.1, 0.15) is 0 Å². The van der Waals surface area contributed by atoms with Gasteiger partial charge in [-0.25, -0.2) is 9.50 Å². The lowest BCUT2D eigenvalue weighted by atomic mass is 9.86. The van der Waals surface area contributed by atoms with Crippen molar-refractivity contribution >= 4 is 34.1 Å². The van der Waals surface area contributed by atoms with Crippen LogP contribution in [0.25, 0.3) is 5.65 Å². The average Bonchev–Trinajstić information content (AvgIpc) is 3.00. The number of carbonyl (C=O) groups excluding carboxylic acids is 1. The van der Waals surface area contributed by atoms with Crippen LogP contribution in [-0.2, 0) is 0 Å². The number of hydrogen-bond acceptors (Lipinski definition) is 3. The van der Waals surface area contributed by atoms with Crippen molar-refractivity contribution in [1.82, 2.24) is 19.5 Å². The van der Waals surface area contributed by atoms with Crippen LogP contribution >= 0.6 is 22.6 Å². The first-order valence-electron chi connectivity index (χ1n) is 7.95. The molecule has 2 unspecified atom stereocenters. The van der Waals surface area contributed by atoms with Crippen molar-refractivity contribution in [2.45, 2.75) is 25.8 Å². The Bertz CT molecular complexity index is 936. The lowest BCUT2D eigenvalue weighted by molar-refractivity contribution is 0.0653. The Morgan fingerprint density at radius 3 is 2.79 bits per heavy atom. The molecule has 1 aromatic carbocycles. The van der Waals surface area contributed by atoms with Crippen molar-refractivity contribution in [3.8, 4) is 0 Å². The van der Waals surface area contributed by atoms with E-state index in [1.54, 1.807) is 16.8 Å². The quantitative estimate of drug-likeness (QED) is 0.552. The summed E-state index contributed by atoms with van der Waals surface area (Å²) in [7, 11) is 0. The minimum absolute atomic E-state index is 0.0376. The minimum Gasteiger partial charge on any atom is -0.330 e. The van der Waals surface area contributed by atoms with Gasteiger partial charge >= 0.3 is 0 Å². The first kappa shape index (κ1) is 15.6. The molecule has 0 spiro atoms. The third-order valence-electron chi connectivity index (χ3n) is 4.68. The molecule has 0 saturated carbocycles. The topological polar surface area (TPSA) is 50.5 Å². The van der Waals surface area contributed by atoms with Gasteiger partial charge in [-0.3, -0.25) is 4.79 Å². The highest BCUT2D eigenvalue weighted by molar-refractivity contribution is 14.1. The fourth-order valence-corrected chi connectivity index (χ4v) is 3.83. The summed E-state index contributed by atoms with van der Waals surface area (Å²) in [5.41, 5.74) is 3.70. The molecule has 3 aromatic rings. The molecule has 2 atom stereocenters. The second-order valence-corrected chi connectivity index (χ2v) is 7.51. The maximum Gasteiger partial charge on any atom is 0.274 e. The van der Waals surface area contributed by atoms with Crippen LogP contribution < -0.4 is 0 Å². The van der Waals surface area contributed by atoms with Crippen LogP contribution in [0.3, 0.4) is 0 Å². The maximum absolute atomic E-state index is 13.0. The summed E-state index contributed by atoms with van der Waals surface area (Å²) < 4.78 is 2.65. The zero-order valence-corrected chi connectivity index (χ0v) is 15.6. The van der Waals surface area contributed by atoms with Crippen molar-refractivity contribution in [1.29, 1.82) is 0 Å². The smallest absolute Gasteiger partial charge is 0.274 e. The molecular weight excluding hydrogens is 415 g/mol. The molecule has 122 valence electrons. The van der Waals surface area contributed by atoms with Crippen molar-refractivity contribution in [3.05, 3.63) is 63.1 Å². The highest BCUT2D eigenvalue weighted by Gasteiger charge is 2.32. The van der Waals surface area contributed by atoms with Crippen LogP contribution in [0.15, 0.2) is 42.7 Å². The number of rotatable bonds is 1. The second kappa shape index (κ2) is 5.84. The maximum atomic E-state index is 13.0. The standard InChI is InChI=1S/C18H17IN4O/c1-11-9-22(12(2)15-6-4-3-5-14(11)15)18(24)16-7-17-20-8-13(19)10-23(17)21-16/h3-8,10-12H,9H2,1-2H3. The molecule has 0 aliphatic carbocycles. The van der Waals surface area contributed by atoms with E-state index in [9.17, 15) is 4.79 Å². The van der Waals surface area contributed by atoms with Crippen LogP contribution in [0.4, 0.5) is 0 Å². The highest BCUT2D eigenvalue weighted by Crippen LogP contribution is 2.36. The number of hydrogen-bond donors (Lipinski definition) is 0. The molecular formula is C18H17IN4O. The zero-order chi connectivity index (χ0) is 16.8. The van der Waals surface area contributed by atoms with Gasteiger partial charge < -0.3 is 4.90 Å². The van der Waals surface area contributed by atoms with Gasteiger partial charge in [-0.2, -0.15) is 5.10 Å². The predicted octanol–water partition coefficient (Wildman–Crippen LogP) is 3.65. The molecule has 0 saturated heterocycles. The van der Waals surface area contributed by atoms with Crippen LogP contribution in [0.1, 0.15) is 47.4 Å². The Hall–Kier alpha value is -1.96. The van der Waals surface area contributed by atoms with Gasteiger partial charge in [0.15, 0.2) is 11.3 Å². The number of halogens is 1. The minimum atomic E-state index is -0.0376. The summed E-state index contributed by atoms with van der Waals surface area (Å²) in [5.74, 6) is 0.279. The van der Waals surface area contributed by atoms with E-state index < -0.39 is 0 Å². The van der Waals surface area contributed by atoms with E-state index in [4.69, 9.17) is 0 Å². The first-order chi connectivity index (χ1) is 11.5. The number of fused-ring (bicyclic) bond motifs is 2. The first-order valence-corrected chi connectivity index (χ1v) is 9.03. The molecule has 1 amide bonds. The molecule has 5 nitrogen and oxygen atoms in total. The molecule has 0 radical (unpaired) electrons. The van der Waals surface area contributed by atoms with Gasteiger partial charge in [0, 0.05) is 28.6 Å². The highest BCUT2D eigenvalue weighted by atomic mass is 127. The van der Waals surface area contributed by atoms with Gasteiger partial charge in [-0.15, -0.1) is 0 Å². The van der Waals surface area contributed by atoms with Gasteiger partial charge in [0.25, 0.3) is 5.91 Å². The van der Waals surface area contributed by atoms with Crippen molar-refractivity contribution in [2.24, 2.45) is 0 Å². The molecule has 24 heavy (non-hydrogen) atoms. The normalized spacial score (nSPS) is 20.2. The summed E-state index contributed by atoms with van der Waals surface area (Å²) in [6.07, 6.45) is 3.64. The third-order valence-corrected chi connectivity index (χ3v) is 5.23. The lowest BCUT2D eigenvalue weighted by Crippen LogP contribution is -2.40. The SMILES string of the molecule is CC1CN(C(=O)c2cc3ncc(I)cn3n2)C(C)c2ccccc21. The lowest BCUT2D eigenvalue weighted by Gasteiger charge is -2.38. The Kier molecular flexibility index (Phi) is 3.79. The van der Waals surface area contributed by atoms with Crippen molar-refractivity contribution in [2.75, 3.05) is 6.54 Å². The number of amides is 1. The Balaban J connectivity index is 1.71. The van der Waals surface area contributed by atoms with Gasteiger partial charge in [0.2, 0.25) is 0 Å². The van der Waals surface area contributed by atoms with Crippen LogP contribution in [-0.4, -0.2) is 31.9 Å². The van der Waals surface area contributed by atoms with Crippen molar-refractivity contribution in [3.63, 3.8) is 0 Å². The van der Waals surface area contributed by atoms with E-state index in [0.717, 1.165) is 3.57 Å².